The number of aliphatic hydroxyl groups is 1. The monoisotopic (exact) mass is 236 g/mol. The average molecular weight is 236 g/mol. The lowest BCUT2D eigenvalue weighted by atomic mass is 10.1. The third-order valence-electron chi connectivity index (χ3n) is 2.57. The number of hydrogen-bond donors (Lipinski definition) is 3. The van der Waals surface area contributed by atoms with Crippen LogP contribution in [0.15, 0.2) is 18.2 Å². The Morgan fingerprint density at radius 3 is 2.29 bits per heavy atom. The summed E-state index contributed by atoms with van der Waals surface area (Å²) in [5.74, 6) is 0. The Kier molecular flexibility index (Phi) is 4.12. The van der Waals surface area contributed by atoms with Gasteiger partial charge in [-0.05, 0) is 38.8 Å². The summed E-state index contributed by atoms with van der Waals surface area (Å²) < 4.78 is 0. The number of para-hydroxylation sites is 1. The number of hydrogen-bond acceptors (Lipinski definition) is 2. The van der Waals surface area contributed by atoms with Crippen molar-refractivity contribution in [3.63, 3.8) is 0 Å². The van der Waals surface area contributed by atoms with Gasteiger partial charge in [-0.15, -0.1) is 0 Å². The van der Waals surface area contributed by atoms with Gasteiger partial charge in [0.25, 0.3) is 0 Å². The van der Waals surface area contributed by atoms with Gasteiger partial charge in [0.2, 0.25) is 0 Å². The lowest BCUT2D eigenvalue weighted by Crippen LogP contribution is -2.48. The number of aryl methyl sites for hydroxylation is 2. The van der Waals surface area contributed by atoms with Gasteiger partial charge in [0, 0.05) is 5.69 Å². The van der Waals surface area contributed by atoms with Crippen molar-refractivity contribution in [2.24, 2.45) is 0 Å². The Hall–Kier alpha value is -1.55. The molecule has 0 atom stereocenters. The van der Waals surface area contributed by atoms with E-state index in [0.29, 0.717) is 0 Å². The molecule has 0 aliphatic heterocycles. The Morgan fingerprint density at radius 2 is 1.82 bits per heavy atom. The van der Waals surface area contributed by atoms with E-state index in [1.54, 1.807) is 13.8 Å². The normalized spacial score (nSPS) is 11.1. The second kappa shape index (κ2) is 5.19. The van der Waals surface area contributed by atoms with Crippen LogP contribution in [0.5, 0.6) is 0 Å². The molecular weight excluding hydrogens is 216 g/mol. The highest BCUT2D eigenvalue weighted by Crippen LogP contribution is 2.19. The molecule has 4 nitrogen and oxygen atoms in total. The van der Waals surface area contributed by atoms with E-state index in [1.807, 2.05) is 32.0 Å². The van der Waals surface area contributed by atoms with E-state index in [9.17, 15) is 4.79 Å². The molecule has 0 saturated heterocycles. The molecule has 0 radical (unpaired) electrons. The van der Waals surface area contributed by atoms with Crippen LogP contribution >= 0.6 is 0 Å². The van der Waals surface area contributed by atoms with Crippen LogP contribution in [0.3, 0.4) is 0 Å². The summed E-state index contributed by atoms with van der Waals surface area (Å²) in [5.41, 5.74) is 2.23. The van der Waals surface area contributed by atoms with Crippen LogP contribution in [-0.4, -0.2) is 23.3 Å². The molecule has 0 spiro atoms. The first kappa shape index (κ1) is 13.5. The Bertz CT molecular complexity index is 394. The maximum absolute atomic E-state index is 11.8. The smallest absolute Gasteiger partial charge is 0.319 e. The molecule has 0 bridgehead atoms. The minimum atomic E-state index is -0.624. The van der Waals surface area contributed by atoms with E-state index in [-0.39, 0.29) is 12.6 Å². The molecule has 0 aliphatic carbocycles. The SMILES string of the molecule is Cc1cccc(C)c1NC(=O)NC(C)(C)CO. The summed E-state index contributed by atoms with van der Waals surface area (Å²) in [7, 11) is 0. The van der Waals surface area contributed by atoms with Gasteiger partial charge in [-0.3, -0.25) is 0 Å². The summed E-state index contributed by atoms with van der Waals surface area (Å²) >= 11 is 0. The first-order valence-electron chi connectivity index (χ1n) is 5.62. The molecule has 2 amide bonds. The van der Waals surface area contributed by atoms with Crippen molar-refractivity contribution in [3.05, 3.63) is 29.3 Å². The first-order chi connectivity index (χ1) is 7.85. The van der Waals surface area contributed by atoms with Gasteiger partial charge < -0.3 is 15.7 Å². The highest BCUT2D eigenvalue weighted by molar-refractivity contribution is 5.91. The highest BCUT2D eigenvalue weighted by atomic mass is 16.3. The molecule has 1 aromatic rings. The lowest BCUT2D eigenvalue weighted by Gasteiger charge is -2.24. The van der Waals surface area contributed by atoms with Crippen molar-refractivity contribution in [1.82, 2.24) is 5.32 Å². The number of benzene rings is 1. The summed E-state index contributed by atoms with van der Waals surface area (Å²) in [4.78, 5) is 11.8. The third kappa shape index (κ3) is 3.75. The van der Waals surface area contributed by atoms with Crippen LogP contribution in [0.1, 0.15) is 25.0 Å². The highest BCUT2D eigenvalue weighted by Gasteiger charge is 2.19. The second-order valence-electron chi connectivity index (χ2n) is 4.89. The van der Waals surface area contributed by atoms with E-state index >= 15 is 0 Å². The van der Waals surface area contributed by atoms with Gasteiger partial charge >= 0.3 is 6.03 Å². The van der Waals surface area contributed by atoms with Gasteiger partial charge in [-0.25, -0.2) is 4.79 Å². The van der Waals surface area contributed by atoms with E-state index < -0.39 is 5.54 Å². The summed E-state index contributed by atoms with van der Waals surface area (Å²) in [6.45, 7) is 7.31. The zero-order valence-corrected chi connectivity index (χ0v) is 10.8. The minimum Gasteiger partial charge on any atom is -0.394 e. The zero-order chi connectivity index (χ0) is 13.1. The molecule has 0 heterocycles. The number of urea groups is 1. The van der Waals surface area contributed by atoms with Gasteiger partial charge in [-0.1, -0.05) is 18.2 Å². The van der Waals surface area contributed by atoms with Crippen molar-refractivity contribution in [2.75, 3.05) is 11.9 Å². The fraction of sp³-hybridized carbons (Fsp3) is 0.462. The van der Waals surface area contributed by atoms with E-state index in [1.165, 1.54) is 0 Å². The minimum absolute atomic E-state index is 0.104. The summed E-state index contributed by atoms with van der Waals surface area (Å²) in [6, 6.07) is 5.53. The number of carbonyl (C=O) groups excluding carboxylic acids is 1. The van der Waals surface area contributed by atoms with Crippen LogP contribution in [0.25, 0.3) is 0 Å². The number of anilines is 1. The van der Waals surface area contributed by atoms with Gasteiger partial charge in [0.05, 0.1) is 12.1 Å². The molecule has 17 heavy (non-hydrogen) atoms. The van der Waals surface area contributed by atoms with Crippen molar-refractivity contribution < 1.29 is 9.90 Å². The third-order valence-corrected chi connectivity index (χ3v) is 2.57. The maximum Gasteiger partial charge on any atom is 0.319 e. The molecule has 0 unspecified atom stereocenters. The first-order valence-corrected chi connectivity index (χ1v) is 5.62. The maximum atomic E-state index is 11.8. The van der Waals surface area contributed by atoms with Gasteiger partial charge in [0.1, 0.15) is 0 Å². The molecule has 94 valence electrons. The van der Waals surface area contributed by atoms with Crippen LogP contribution < -0.4 is 10.6 Å². The van der Waals surface area contributed by atoms with Crippen LogP contribution in [0, 0.1) is 13.8 Å². The van der Waals surface area contributed by atoms with Crippen LogP contribution in [0.4, 0.5) is 10.5 Å². The largest absolute Gasteiger partial charge is 0.394 e. The molecule has 0 saturated carbocycles. The summed E-state index contributed by atoms with van der Waals surface area (Å²) in [6.07, 6.45) is 0. The predicted molar refractivity (Wildman–Crippen MR) is 69.2 cm³/mol. The molecule has 1 aromatic carbocycles. The Labute approximate surface area is 102 Å². The molecule has 0 aliphatic rings. The Balaban J connectivity index is 2.75. The van der Waals surface area contributed by atoms with Crippen LogP contribution in [-0.2, 0) is 0 Å². The van der Waals surface area contributed by atoms with E-state index in [2.05, 4.69) is 10.6 Å². The average Bonchev–Trinajstić information content (AvgIpc) is 2.23. The topological polar surface area (TPSA) is 61.4 Å². The van der Waals surface area contributed by atoms with E-state index in [0.717, 1.165) is 16.8 Å². The van der Waals surface area contributed by atoms with Crippen LogP contribution in [0.2, 0.25) is 0 Å². The number of aliphatic hydroxyl groups excluding tert-OH is 1. The molecule has 3 N–H and O–H groups in total. The van der Waals surface area contributed by atoms with Crippen molar-refractivity contribution in [3.8, 4) is 0 Å². The second-order valence-corrected chi connectivity index (χ2v) is 4.89. The number of nitrogens with one attached hydrogen (secondary N) is 2. The van der Waals surface area contributed by atoms with Crippen molar-refractivity contribution in [1.29, 1.82) is 0 Å². The van der Waals surface area contributed by atoms with Gasteiger partial charge in [0.15, 0.2) is 0 Å². The number of rotatable bonds is 3. The van der Waals surface area contributed by atoms with Crippen molar-refractivity contribution in [2.45, 2.75) is 33.2 Å². The zero-order valence-electron chi connectivity index (χ0n) is 10.8. The van der Waals surface area contributed by atoms with Gasteiger partial charge in [-0.2, -0.15) is 0 Å². The molecule has 0 fully saturated rings. The fourth-order valence-electron chi connectivity index (χ4n) is 1.50. The standard InChI is InChI=1S/C13H20N2O2/c1-9-6-5-7-10(2)11(9)14-12(17)15-13(3,4)8-16/h5-7,16H,8H2,1-4H3,(H2,14,15,17). The lowest BCUT2D eigenvalue weighted by molar-refractivity contribution is 0.187. The Morgan fingerprint density at radius 1 is 1.29 bits per heavy atom. The number of carbonyl (C=O) groups is 1. The van der Waals surface area contributed by atoms with Crippen molar-refractivity contribution >= 4 is 11.7 Å². The number of amides is 2. The molecule has 0 aromatic heterocycles. The quantitative estimate of drug-likeness (QED) is 0.753. The predicted octanol–water partition coefficient (Wildman–Crippen LogP) is 2.20. The fourth-order valence-corrected chi connectivity index (χ4v) is 1.50. The molecule has 4 heteroatoms. The molecular formula is C13H20N2O2. The molecule has 1 rings (SSSR count). The summed E-state index contributed by atoms with van der Waals surface area (Å²) in [5, 5.41) is 14.6. The van der Waals surface area contributed by atoms with E-state index in [4.69, 9.17) is 5.11 Å².